The first-order chi connectivity index (χ1) is 8.59. The Morgan fingerprint density at radius 3 is 2.58 bits per heavy atom. The van der Waals surface area contributed by atoms with E-state index in [1.54, 1.807) is 25.3 Å². The Labute approximate surface area is 116 Å². The van der Waals surface area contributed by atoms with E-state index >= 15 is 0 Å². The van der Waals surface area contributed by atoms with Crippen LogP contribution in [0, 0.1) is 0 Å². The summed E-state index contributed by atoms with van der Waals surface area (Å²) >= 11 is 1.36. The van der Waals surface area contributed by atoms with Gasteiger partial charge in [0.25, 0.3) is 0 Å². The normalized spacial score (nSPS) is 12.6. The summed E-state index contributed by atoms with van der Waals surface area (Å²) < 4.78 is 24.8. The lowest BCUT2D eigenvalue weighted by atomic mass is 10.1. The van der Waals surface area contributed by atoms with Crippen molar-refractivity contribution in [3.8, 4) is 0 Å². The summed E-state index contributed by atoms with van der Waals surface area (Å²) in [5.41, 5.74) is -0.323. The second-order valence-electron chi connectivity index (χ2n) is 4.97. The van der Waals surface area contributed by atoms with Gasteiger partial charge in [0, 0.05) is 28.9 Å². The molecule has 0 radical (unpaired) electrons. The summed E-state index contributed by atoms with van der Waals surface area (Å²) in [5, 5.41) is 13.5. The minimum absolute atomic E-state index is 0.273. The third-order valence-corrected chi connectivity index (χ3v) is 4.09. The summed E-state index contributed by atoms with van der Waals surface area (Å²) in [5.74, 6) is -0.943. The van der Waals surface area contributed by atoms with E-state index in [-0.39, 0.29) is 5.56 Å². The molecule has 0 fully saturated rings. The van der Waals surface area contributed by atoms with Crippen LogP contribution in [0.15, 0.2) is 11.4 Å². The first-order valence-electron chi connectivity index (χ1n) is 5.59. The van der Waals surface area contributed by atoms with Crippen LogP contribution in [0.25, 0.3) is 0 Å². The summed E-state index contributed by atoms with van der Waals surface area (Å²) in [6.07, 6.45) is 1.12. The van der Waals surface area contributed by atoms with Crippen LogP contribution in [0.1, 0.15) is 29.1 Å². The Morgan fingerprint density at radius 2 is 2.11 bits per heavy atom. The SMILES string of the molecule is CC(C)(CNCc1cc(C(=O)O)cs1)NS(C)(=O)=O. The number of thiophene rings is 1. The van der Waals surface area contributed by atoms with E-state index in [0.717, 1.165) is 11.1 Å². The molecule has 1 aromatic rings. The van der Waals surface area contributed by atoms with E-state index < -0.39 is 21.5 Å². The monoisotopic (exact) mass is 306 g/mol. The van der Waals surface area contributed by atoms with E-state index in [1.165, 1.54) is 11.3 Å². The number of carboxylic acids is 1. The van der Waals surface area contributed by atoms with Gasteiger partial charge in [0.05, 0.1) is 11.8 Å². The van der Waals surface area contributed by atoms with Gasteiger partial charge in [0.15, 0.2) is 0 Å². The molecule has 0 saturated carbocycles. The first-order valence-corrected chi connectivity index (χ1v) is 8.36. The fourth-order valence-electron chi connectivity index (χ4n) is 1.62. The molecular formula is C11H18N2O4S2. The average Bonchev–Trinajstić information content (AvgIpc) is 2.61. The van der Waals surface area contributed by atoms with Gasteiger partial charge in [-0.1, -0.05) is 0 Å². The van der Waals surface area contributed by atoms with Gasteiger partial charge in [0.2, 0.25) is 10.0 Å². The molecule has 0 unspecified atom stereocenters. The molecule has 0 aliphatic carbocycles. The van der Waals surface area contributed by atoms with Gasteiger partial charge < -0.3 is 10.4 Å². The largest absolute Gasteiger partial charge is 0.478 e. The number of carboxylic acid groups (broad SMARTS) is 1. The van der Waals surface area contributed by atoms with Crippen molar-refractivity contribution in [2.75, 3.05) is 12.8 Å². The Balaban J connectivity index is 2.47. The van der Waals surface area contributed by atoms with Gasteiger partial charge in [-0.3, -0.25) is 0 Å². The predicted molar refractivity (Wildman–Crippen MR) is 75.0 cm³/mol. The van der Waals surface area contributed by atoms with Gasteiger partial charge in [-0.15, -0.1) is 11.3 Å². The van der Waals surface area contributed by atoms with Crippen molar-refractivity contribution in [3.63, 3.8) is 0 Å². The highest BCUT2D eigenvalue weighted by Crippen LogP contribution is 2.14. The molecule has 0 saturated heterocycles. The maximum atomic E-state index is 11.2. The van der Waals surface area contributed by atoms with E-state index in [4.69, 9.17) is 5.11 Å². The summed E-state index contributed by atoms with van der Waals surface area (Å²) in [7, 11) is -3.25. The number of rotatable bonds is 7. The quantitative estimate of drug-likeness (QED) is 0.694. The second-order valence-corrected chi connectivity index (χ2v) is 7.71. The summed E-state index contributed by atoms with van der Waals surface area (Å²) in [6, 6.07) is 1.61. The molecule has 0 atom stereocenters. The molecule has 1 aromatic heterocycles. The summed E-state index contributed by atoms with van der Waals surface area (Å²) in [4.78, 5) is 11.6. The molecule has 0 aliphatic rings. The molecule has 1 heterocycles. The Bertz CT molecular complexity index is 549. The molecular weight excluding hydrogens is 288 g/mol. The van der Waals surface area contributed by atoms with Crippen LogP contribution in [0.2, 0.25) is 0 Å². The number of carbonyl (C=O) groups is 1. The first kappa shape index (κ1) is 16.1. The minimum Gasteiger partial charge on any atom is -0.478 e. The van der Waals surface area contributed by atoms with Gasteiger partial charge >= 0.3 is 5.97 Å². The number of sulfonamides is 1. The molecule has 6 nitrogen and oxygen atoms in total. The molecule has 0 spiro atoms. The topological polar surface area (TPSA) is 95.5 Å². The zero-order chi connectivity index (χ0) is 14.7. The van der Waals surface area contributed by atoms with Crippen molar-refractivity contribution in [2.24, 2.45) is 0 Å². The van der Waals surface area contributed by atoms with Crippen LogP contribution >= 0.6 is 11.3 Å². The van der Waals surface area contributed by atoms with Gasteiger partial charge in [-0.25, -0.2) is 17.9 Å². The van der Waals surface area contributed by atoms with Gasteiger partial charge in [-0.05, 0) is 19.9 Å². The molecule has 1 rings (SSSR count). The maximum absolute atomic E-state index is 11.2. The van der Waals surface area contributed by atoms with Gasteiger partial charge in [-0.2, -0.15) is 0 Å². The summed E-state index contributed by atoms with van der Waals surface area (Å²) in [6.45, 7) is 4.50. The number of hydrogen-bond donors (Lipinski definition) is 3. The van der Waals surface area contributed by atoms with Gasteiger partial charge in [0.1, 0.15) is 0 Å². The fourth-order valence-corrected chi connectivity index (χ4v) is 3.53. The van der Waals surface area contributed by atoms with Crippen molar-refractivity contribution < 1.29 is 18.3 Å². The smallest absolute Gasteiger partial charge is 0.336 e. The molecule has 0 aromatic carbocycles. The molecule has 0 amide bonds. The number of nitrogens with one attached hydrogen (secondary N) is 2. The van der Waals surface area contributed by atoms with Crippen LogP contribution < -0.4 is 10.0 Å². The average molecular weight is 306 g/mol. The van der Waals surface area contributed by atoms with Crippen molar-refractivity contribution in [3.05, 3.63) is 21.9 Å². The third kappa shape index (κ3) is 6.15. The van der Waals surface area contributed by atoms with E-state index in [0.29, 0.717) is 13.1 Å². The van der Waals surface area contributed by atoms with Crippen molar-refractivity contribution in [1.82, 2.24) is 10.0 Å². The second kappa shape index (κ2) is 6.00. The molecule has 8 heteroatoms. The minimum atomic E-state index is -3.25. The Morgan fingerprint density at radius 1 is 1.47 bits per heavy atom. The van der Waals surface area contributed by atoms with Crippen molar-refractivity contribution in [1.29, 1.82) is 0 Å². The van der Waals surface area contributed by atoms with E-state index in [9.17, 15) is 13.2 Å². The van der Waals surface area contributed by atoms with E-state index in [2.05, 4.69) is 10.0 Å². The van der Waals surface area contributed by atoms with Crippen molar-refractivity contribution >= 4 is 27.3 Å². The van der Waals surface area contributed by atoms with Crippen LogP contribution in [0.3, 0.4) is 0 Å². The highest BCUT2D eigenvalue weighted by atomic mass is 32.2. The molecule has 3 N–H and O–H groups in total. The maximum Gasteiger partial charge on any atom is 0.336 e. The molecule has 19 heavy (non-hydrogen) atoms. The Hall–Kier alpha value is -0.960. The lowest BCUT2D eigenvalue weighted by Crippen LogP contribution is -2.49. The predicted octanol–water partition coefficient (Wildman–Crippen LogP) is 0.864. The molecule has 0 aliphatic heterocycles. The Kier molecular flexibility index (Phi) is 5.08. The third-order valence-electron chi connectivity index (χ3n) is 2.23. The number of hydrogen-bond acceptors (Lipinski definition) is 5. The highest BCUT2D eigenvalue weighted by molar-refractivity contribution is 7.88. The molecule has 108 valence electrons. The van der Waals surface area contributed by atoms with Crippen LogP contribution in [-0.4, -0.2) is 37.8 Å². The fraction of sp³-hybridized carbons (Fsp3) is 0.545. The van der Waals surface area contributed by atoms with Crippen LogP contribution in [-0.2, 0) is 16.6 Å². The molecule has 0 bridgehead atoms. The van der Waals surface area contributed by atoms with E-state index in [1.807, 2.05) is 0 Å². The highest BCUT2D eigenvalue weighted by Gasteiger charge is 2.21. The number of aromatic carboxylic acids is 1. The van der Waals surface area contributed by atoms with Crippen molar-refractivity contribution in [2.45, 2.75) is 25.9 Å². The lowest BCUT2D eigenvalue weighted by molar-refractivity contribution is 0.0697. The standard InChI is InChI=1S/C11H18N2O4S2/c1-11(2,13-19(3,16)17)7-12-5-9-4-8(6-18-9)10(14)15/h4,6,12-13H,5,7H2,1-3H3,(H,14,15). The zero-order valence-corrected chi connectivity index (χ0v) is 12.7. The zero-order valence-electron chi connectivity index (χ0n) is 11.1. The van der Waals surface area contributed by atoms with Crippen LogP contribution in [0.4, 0.5) is 0 Å². The van der Waals surface area contributed by atoms with Crippen LogP contribution in [0.5, 0.6) is 0 Å². The lowest BCUT2D eigenvalue weighted by Gasteiger charge is -2.25.